The van der Waals surface area contributed by atoms with Crippen LogP contribution >= 0.6 is 28.3 Å². The summed E-state index contributed by atoms with van der Waals surface area (Å²) in [6.07, 6.45) is 3.82. The maximum atomic E-state index is 11.6. The third kappa shape index (κ3) is 6.30. The number of phenolic OH excluding ortho intramolecular Hbond substituents is 1. The molecular formula is C16H25BrClN3O2. The van der Waals surface area contributed by atoms with Gasteiger partial charge in [-0.05, 0) is 43.1 Å². The van der Waals surface area contributed by atoms with E-state index in [-0.39, 0.29) is 24.1 Å². The maximum absolute atomic E-state index is 11.6. The van der Waals surface area contributed by atoms with Crippen molar-refractivity contribution in [1.29, 1.82) is 0 Å². The van der Waals surface area contributed by atoms with Gasteiger partial charge >= 0.3 is 0 Å². The van der Waals surface area contributed by atoms with Gasteiger partial charge in [0.05, 0.1) is 0 Å². The zero-order chi connectivity index (χ0) is 15.9. The van der Waals surface area contributed by atoms with Crippen LogP contribution in [0.15, 0.2) is 22.7 Å². The molecule has 0 aromatic heterocycles. The van der Waals surface area contributed by atoms with Crippen LogP contribution in [0.1, 0.15) is 31.2 Å². The highest BCUT2D eigenvalue weighted by Crippen LogP contribution is 2.26. The molecule has 1 heterocycles. The first-order valence-corrected chi connectivity index (χ1v) is 8.57. The fraction of sp³-hybridized carbons (Fsp3) is 0.562. The zero-order valence-electron chi connectivity index (χ0n) is 13.1. The summed E-state index contributed by atoms with van der Waals surface area (Å²) in [6.45, 7) is 2.83. The second-order valence-electron chi connectivity index (χ2n) is 5.74. The number of benzene rings is 1. The number of likely N-dealkylation sites (tertiary alicyclic amines) is 1. The van der Waals surface area contributed by atoms with Crippen LogP contribution in [-0.2, 0) is 11.3 Å². The van der Waals surface area contributed by atoms with Crippen molar-refractivity contribution in [2.45, 2.75) is 38.3 Å². The Morgan fingerprint density at radius 1 is 1.43 bits per heavy atom. The van der Waals surface area contributed by atoms with Crippen LogP contribution in [0, 0.1) is 0 Å². The minimum atomic E-state index is 0. The van der Waals surface area contributed by atoms with E-state index in [2.05, 4.69) is 26.1 Å². The van der Waals surface area contributed by atoms with Crippen molar-refractivity contribution in [3.8, 4) is 5.75 Å². The Kier molecular flexibility index (Phi) is 8.91. The first kappa shape index (κ1) is 20.2. The molecule has 5 nitrogen and oxygen atoms in total. The SMILES string of the molecule is Cl.NCCC(=O)NCC1CCCCN1Cc1cc(O)ccc1Br. The van der Waals surface area contributed by atoms with Crippen molar-refractivity contribution >= 4 is 34.2 Å². The standard InChI is InChI=1S/C16H24BrN3O2.ClH/c17-15-5-4-14(21)9-12(15)11-20-8-2-1-3-13(20)10-19-16(22)6-7-18;/h4-5,9,13,21H,1-3,6-8,10-11,18H2,(H,19,22);1H. The number of hydrogen-bond acceptors (Lipinski definition) is 4. The fourth-order valence-corrected chi connectivity index (χ4v) is 3.22. The molecule has 1 aliphatic heterocycles. The van der Waals surface area contributed by atoms with Gasteiger partial charge in [0.25, 0.3) is 0 Å². The molecule has 23 heavy (non-hydrogen) atoms. The summed E-state index contributed by atoms with van der Waals surface area (Å²) in [6, 6.07) is 5.67. The molecule has 1 aliphatic rings. The molecule has 0 saturated carbocycles. The predicted octanol–water partition coefficient (Wildman–Crippen LogP) is 2.40. The molecule has 1 atom stereocenters. The number of nitrogens with two attached hydrogens (primary N) is 1. The summed E-state index contributed by atoms with van der Waals surface area (Å²) < 4.78 is 1.00. The van der Waals surface area contributed by atoms with Crippen LogP contribution in [0.25, 0.3) is 0 Å². The lowest BCUT2D eigenvalue weighted by Gasteiger charge is -2.36. The third-order valence-electron chi connectivity index (χ3n) is 4.06. The Bertz CT molecular complexity index is 516. The number of carbonyl (C=O) groups excluding carboxylic acids is 1. The van der Waals surface area contributed by atoms with Gasteiger partial charge in [-0.25, -0.2) is 0 Å². The monoisotopic (exact) mass is 405 g/mol. The predicted molar refractivity (Wildman–Crippen MR) is 97.8 cm³/mol. The van der Waals surface area contributed by atoms with Crippen molar-refractivity contribution in [2.75, 3.05) is 19.6 Å². The van der Waals surface area contributed by atoms with Crippen LogP contribution in [0.4, 0.5) is 0 Å². The first-order valence-electron chi connectivity index (χ1n) is 7.78. The number of phenols is 1. The normalized spacial score (nSPS) is 18.3. The molecule has 1 fully saturated rings. The molecule has 0 radical (unpaired) electrons. The number of halogens is 2. The van der Waals surface area contributed by atoms with E-state index in [9.17, 15) is 9.90 Å². The Labute approximate surface area is 152 Å². The van der Waals surface area contributed by atoms with Crippen LogP contribution in [0.3, 0.4) is 0 Å². The second-order valence-corrected chi connectivity index (χ2v) is 6.59. The number of carbonyl (C=O) groups is 1. The highest BCUT2D eigenvalue weighted by Gasteiger charge is 2.23. The fourth-order valence-electron chi connectivity index (χ4n) is 2.85. The topological polar surface area (TPSA) is 78.6 Å². The minimum absolute atomic E-state index is 0. The van der Waals surface area contributed by atoms with Gasteiger partial charge in [-0.15, -0.1) is 12.4 Å². The highest BCUT2D eigenvalue weighted by molar-refractivity contribution is 9.10. The number of piperidine rings is 1. The average molecular weight is 407 g/mol. The van der Waals surface area contributed by atoms with Gasteiger partial charge in [-0.1, -0.05) is 22.4 Å². The van der Waals surface area contributed by atoms with Crippen LogP contribution < -0.4 is 11.1 Å². The molecule has 7 heteroatoms. The zero-order valence-corrected chi connectivity index (χ0v) is 15.5. The van der Waals surface area contributed by atoms with Crippen molar-refractivity contribution in [1.82, 2.24) is 10.2 Å². The minimum Gasteiger partial charge on any atom is -0.508 e. The van der Waals surface area contributed by atoms with Crippen LogP contribution in [0.5, 0.6) is 5.75 Å². The summed E-state index contributed by atoms with van der Waals surface area (Å²) in [5.74, 6) is 0.301. The van der Waals surface area contributed by atoms with Gasteiger partial charge in [0, 0.05) is 36.6 Å². The molecule has 1 saturated heterocycles. The molecule has 0 bridgehead atoms. The molecule has 1 amide bonds. The Hall–Kier alpha value is -0.820. The molecule has 130 valence electrons. The number of rotatable bonds is 6. The van der Waals surface area contributed by atoms with Gasteiger partial charge < -0.3 is 16.2 Å². The average Bonchev–Trinajstić information content (AvgIpc) is 2.50. The smallest absolute Gasteiger partial charge is 0.221 e. The number of nitrogens with zero attached hydrogens (tertiary/aromatic N) is 1. The van der Waals surface area contributed by atoms with Gasteiger partial charge in [0.15, 0.2) is 0 Å². The summed E-state index contributed by atoms with van der Waals surface area (Å²) >= 11 is 3.54. The van der Waals surface area contributed by atoms with E-state index < -0.39 is 0 Å². The van der Waals surface area contributed by atoms with E-state index >= 15 is 0 Å². The summed E-state index contributed by atoms with van der Waals surface area (Å²) in [4.78, 5) is 14.0. The second kappa shape index (κ2) is 10.1. The molecule has 0 spiro atoms. The molecule has 0 aliphatic carbocycles. The van der Waals surface area contributed by atoms with Gasteiger partial charge in [-0.2, -0.15) is 0 Å². The Balaban J connectivity index is 0.00000264. The summed E-state index contributed by atoms with van der Waals surface area (Å²) in [5.41, 5.74) is 6.47. The quantitative estimate of drug-likeness (QED) is 0.678. The van der Waals surface area contributed by atoms with Gasteiger partial charge in [0.1, 0.15) is 5.75 Å². The number of nitrogens with one attached hydrogen (secondary N) is 1. The molecule has 1 aromatic carbocycles. The molecule has 1 aromatic rings. The summed E-state index contributed by atoms with van der Waals surface area (Å²) in [5, 5.41) is 12.6. The van der Waals surface area contributed by atoms with Gasteiger partial charge in [-0.3, -0.25) is 9.69 Å². The third-order valence-corrected chi connectivity index (χ3v) is 4.83. The first-order chi connectivity index (χ1) is 10.6. The molecule has 1 unspecified atom stereocenters. The van der Waals surface area contributed by atoms with Crippen LogP contribution in [0.2, 0.25) is 0 Å². The number of amides is 1. The molecular weight excluding hydrogens is 382 g/mol. The van der Waals surface area contributed by atoms with Crippen molar-refractivity contribution in [3.63, 3.8) is 0 Å². The van der Waals surface area contributed by atoms with Crippen molar-refractivity contribution in [2.24, 2.45) is 5.73 Å². The molecule has 2 rings (SSSR count). The lowest BCUT2D eigenvalue weighted by Crippen LogP contribution is -2.46. The lowest BCUT2D eigenvalue weighted by atomic mass is 10.0. The van der Waals surface area contributed by atoms with Crippen LogP contribution in [-0.4, -0.2) is 41.6 Å². The number of aromatic hydroxyl groups is 1. The largest absolute Gasteiger partial charge is 0.508 e. The Morgan fingerprint density at radius 2 is 2.22 bits per heavy atom. The van der Waals surface area contributed by atoms with E-state index in [1.54, 1.807) is 12.1 Å². The van der Waals surface area contributed by atoms with E-state index in [0.29, 0.717) is 25.6 Å². The summed E-state index contributed by atoms with van der Waals surface area (Å²) in [7, 11) is 0. The van der Waals surface area contributed by atoms with E-state index in [4.69, 9.17) is 5.73 Å². The highest BCUT2D eigenvalue weighted by atomic mass is 79.9. The van der Waals surface area contributed by atoms with Crippen molar-refractivity contribution in [3.05, 3.63) is 28.2 Å². The maximum Gasteiger partial charge on any atom is 0.221 e. The van der Waals surface area contributed by atoms with Gasteiger partial charge in [0.2, 0.25) is 5.91 Å². The van der Waals surface area contributed by atoms with E-state index in [1.807, 2.05) is 6.07 Å². The lowest BCUT2D eigenvalue weighted by molar-refractivity contribution is -0.121. The van der Waals surface area contributed by atoms with E-state index in [1.165, 1.54) is 12.8 Å². The number of hydrogen-bond donors (Lipinski definition) is 3. The molecule has 4 N–H and O–H groups in total. The van der Waals surface area contributed by atoms with Crippen molar-refractivity contribution < 1.29 is 9.90 Å². The Morgan fingerprint density at radius 3 is 2.96 bits per heavy atom. The van der Waals surface area contributed by atoms with E-state index in [0.717, 1.165) is 29.5 Å².